The van der Waals surface area contributed by atoms with Crippen LogP contribution in [-0.2, 0) is 16.6 Å². The first-order chi connectivity index (χ1) is 14.3. The van der Waals surface area contributed by atoms with Gasteiger partial charge in [-0.05, 0) is 49.4 Å². The van der Waals surface area contributed by atoms with E-state index in [-0.39, 0.29) is 29.7 Å². The van der Waals surface area contributed by atoms with Crippen molar-refractivity contribution in [3.05, 3.63) is 95.8 Å². The molecule has 0 fully saturated rings. The smallest absolute Gasteiger partial charge is 0.264 e. The van der Waals surface area contributed by atoms with Crippen molar-refractivity contribution in [1.82, 2.24) is 4.90 Å². The fourth-order valence-electron chi connectivity index (χ4n) is 3.16. The van der Waals surface area contributed by atoms with E-state index in [2.05, 4.69) is 0 Å². The number of sulfonamides is 1. The summed E-state index contributed by atoms with van der Waals surface area (Å²) in [7, 11) is -2.10. The lowest BCUT2D eigenvalue weighted by molar-refractivity contribution is 0.0784. The summed E-state index contributed by atoms with van der Waals surface area (Å²) in [6.07, 6.45) is 0. The zero-order valence-corrected chi connectivity index (χ0v) is 17.6. The van der Waals surface area contributed by atoms with Crippen LogP contribution in [0.3, 0.4) is 0 Å². The van der Waals surface area contributed by atoms with Gasteiger partial charge < -0.3 is 4.90 Å². The Bertz CT molecular complexity index is 1120. The van der Waals surface area contributed by atoms with Gasteiger partial charge in [0.1, 0.15) is 5.82 Å². The third kappa shape index (κ3) is 4.52. The molecular weight excluding hydrogens is 403 g/mol. The van der Waals surface area contributed by atoms with Crippen molar-refractivity contribution in [2.75, 3.05) is 17.9 Å². The molecular formula is C23H23FN2O3S. The number of benzene rings is 3. The van der Waals surface area contributed by atoms with Crippen molar-refractivity contribution in [3.63, 3.8) is 0 Å². The summed E-state index contributed by atoms with van der Waals surface area (Å²) < 4.78 is 41.0. The SMILES string of the molecule is CCN(c1ccc(C(=O)N(C)Cc2ccccc2F)cc1)S(=O)(=O)c1ccccc1. The molecule has 0 saturated heterocycles. The fraction of sp³-hybridized carbons (Fsp3) is 0.174. The molecule has 0 aliphatic heterocycles. The largest absolute Gasteiger partial charge is 0.337 e. The van der Waals surface area contributed by atoms with Crippen LogP contribution in [0.5, 0.6) is 0 Å². The molecule has 0 spiro atoms. The van der Waals surface area contributed by atoms with E-state index < -0.39 is 10.0 Å². The molecule has 0 aromatic heterocycles. The van der Waals surface area contributed by atoms with Gasteiger partial charge in [0.15, 0.2) is 0 Å². The van der Waals surface area contributed by atoms with Crippen LogP contribution in [0, 0.1) is 5.82 Å². The van der Waals surface area contributed by atoms with Crippen LogP contribution in [0.4, 0.5) is 10.1 Å². The first-order valence-electron chi connectivity index (χ1n) is 9.51. The first-order valence-corrected chi connectivity index (χ1v) is 11.0. The Kier molecular flexibility index (Phi) is 6.52. The van der Waals surface area contributed by atoms with Gasteiger partial charge in [0.05, 0.1) is 10.6 Å². The van der Waals surface area contributed by atoms with Gasteiger partial charge in [0.2, 0.25) is 0 Å². The van der Waals surface area contributed by atoms with E-state index >= 15 is 0 Å². The van der Waals surface area contributed by atoms with Gasteiger partial charge >= 0.3 is 0 Å². The second-order valence-electron chi connectivity index (χ2n) is 6.78. The van der Waals surface area contributed by atoms with Crippen LogP contribution < -0.4 is 4.31 Å². The normalized spacial score (nSPS) is 11.2. The minimum atomic E-state index is -3.70. The third-order valence-electron chi connectivity index (χ3n) is 4.73. The average Bonchev–Trinajstić information content (AvgIpc) is 2.76. The molecule has 0 atom stereocenters. The van der Waals surface area contributed by atoms with Crippen LogP contribution in [0.25, 0.3) is 0 Å². The zero-order chi connectivity index (χ0) is 21.7. The van der Waals surface area contributed by atoms with E-state index in [0.29, 0.717) is 16.8 Å². The standard InChI is InChI=1S/C23H23FN2O3S/c1-3-26(30(28,29)21-10-5-4-6-11-21)20-15-13-18(14-16-20)23(27)25(2)17-19-9-7-8-12-22(19)24/h4-16H,3,17H2,1-2H3. The summed E-state index contributed by atoms with van der Waals surface area (Å²) in [6.45, 7) is 2.14. The van der Waals surface area contributed by atoms with Crippen LogP contribution in [0.15, 0.2) is 83.8 Å². The number of hydrogen-bond donors (Lipinski definition) is 0. The molecule has 1 amide bonds. The van der Waals surface area contributed by atoms with Crippen molar-refractivity contribution in [3.8, 4) is 0 Å². The molecule has 0 saturated carbocycles. The molecule has 0 radical (unpaired) electrons. The maximum absolute atomic E-state index is 13.8. The first kappa shape index (κ1) is 21.5. The molecule has 5 nitrogen and oxygen atoms in total. The predicted octanol–water partition coefficient (Wildman–Crippen LogP) is 4.31. The summed E-state index contributed by atoms with van der Waals surface area (Å²) >= 11 is 0. The molecule has 30 heavy (non-hydrogen) atoms. The van der Waals surface area contributed by atoms with Gasteiger partial charge in [-0.3, -0.25) is 9.10 Å². The maximum atomic E-state index is 13.8. The van der Waals surface area contributed by atoms with Crippen molar-refractivity contribution in [1.29, 1.82) is 0 Å². The number of hydrogen-bond acceptors (Lipinski definition) is 3. The van der Waals surface area contributed by atoms with Crippen molar-refractivity contribution in [2.24, 2.45) is 0 Å². The summed E-state index contributed by atoms with van der Waals surface area (Å²) in [5.41, 5.74) is 1.29. The quantitative estimate of drug-likeness (QED) is 0.566. The van der Waals surface area contributed by atoms with Crippen LogP contribution in [0.2, 0.25) is 0 Å². The lowest BCUT2D eigenvalue weighted by atomic mass is 10.1. The number of anilines is 1. The lowest BCUT2D eigenvalue weighted by Gasteiger charge is -2.23. The number of carbonyl (C=O) groups excluding carboxylic acids is 1. The Balaban J connectivity index is 1.79. The van der Waals surface area contributed by atoms with Gasteiger partial charge in [-0.15, -0.1) is 0 Å². The minimum Gasteiger partial charge on any atom is -0.337 e. The maximum Gasteiger partial charge on any atom is 0.264 e. The van der Waals surface area contributed by atoms with Gasteiger partial charge in [-0.25, -0.2) is 12.8 Å². The van der Waals surface area contributed by atoms with Crippen LogP contribution in [-0.4, -0.2) is 32.8 Å². The molecule has 0 N–H and O–H groups in total. The second kappa shape index (κ2) is 9.09. The monoisotopic (exact) mass is 426 g/mol. The lowest BCUT2D eigenvalue weighted by Crippen LogP contribution is -2.31. The highest BCUT2D eigenvalue weighted by Crippen LogP contribution is 2.24. The van der Waals surface area contributed by atoms with Gasteiger partial charge in [-0.2, -0.15) is 0 Å². The highest BCUT2D eigenvalue weighted by Gasteiger charge is 2.23. The van der Waals surface area contributed by atoms with E-state index in [0.717, 1.165) is 0 Å². The molecule has 0 aliphatic rings. The molecule has 0 aliphatic carbocycles. The summed E-state index contributed by atoms with van der Waals surface area (Å²) in [6, 6.07) is 20.9. The Morgan fingerprint density at radius 1 is 0.900 bits per heavy atom. The third-order valence-corrected chi connectivity index (χ3v) is 6.65. The number of rotatable bonds is 7. The number of halogens is 1. The summed E-state index contributed by atoms with van der Waals surface area (Å²) in [5.74, 6) is -0.643. The van der Waals surface area contributed by atoms with Gasteiger partial charge in [0, 0.05) is 31.3 Å². The second-order valence-corrected chi connectivity index (χ2v) is 8.64. The molecule has 3 aromatic rings. The zero-order valence-electron chi connectivity index (χ0n) is 16.8. The number of amides is 1. The Morgan fingerprint density at radius 3 is 2.10 bits per heavy atom. The molecule has 7 heteroatoms. The van der Waals surface area contributed by atoms with E-state index in [9.17, 15) is 17.6 Å². The number of carbonyl (C=O) groups is 1. The molecule has 156 valence electrons. The van der Waals surface area contributed by atoms with Crippen LogP contribution >= 0.6 is 0 Å². The number of nitrogens with zero attached hydrogens (tertiary/aromatic N) is 2. The van der Waals surface area contributed by atoms with Gasteiger partial charge in [-0.1, -0.05) is 36.4 Å². The molecule has 3 aromatic carbocycles. The highest BCUT2D eigenvalue weighted by molar-refractivity contribution is 7.92. The average molecular weight is 427 g/mol. The minimum absolute atomic E-state index is 0.136. The van der Waals surface area contributed by atoms with Crippen molar-refractivity contribution >= 4 is 21.6 Å². The molecule has 0 unspecified atom stereocenters. The fourth-order valence-corrected chi connectivity index (χ4v) is 4.65. The van der Waals surface area contributed by atoms with E-state index in [1.54, 1.807) is 86.8 Å². The molecule has 0 heterocycles. The van der Waals surface area contributed by atoms with Crippen molar-refractivity contribution < 1.29 is 17.6 Å². The van der Waals surface area contributed by atoms with Gasteiger partial charge in [0.25, 0.3) is 15.9 Å². The highest BCUT2D eigenvalue weighted by atomic mass is 32.2. The predicted molar refractivity (Wildman–Crippen MR) is 115 cm³/mol. The van der Waals surface area contributed by atoms with E-state index in [1.165, 1.54) is 15.3 Å². The Labute approximate surface area is 176 Å². The topological polar surface area (TPSA) is 57.7 Å². The van der Waals surface area contributed by atoms with E-state index in [4.69, 9.17) is 0 Å². The summed E-state index contributed by atoms with van der Waals surface area (Å²) in [5, 5.41) is 0. The van der Waals surface area contributed by atoms with Crippen molar-refractivity contribution in [2.45, 2.75) is 18.4 Å². The van der Waals surface area contributed by atoms with E-state index in [1.807, 2.05) is 0 Å². The van der Waals surface area contributed by atoms with Crippen LogP contribution in [0.1, 0.15) is 22.8 Å². The summed E-state index contributed by atoms with van der Waals surface area (Å²) in [4.78, 5) is 14.3. The Morgan fingerprint density at radius 2 is 1.50 bits per heavy atom. The Hall–Kier alpha value is -3.19. The molecule has 0 bridgehead atoms. The molecule has 3 rings (SSSR count).